The molecule has 1 aliphatic heterocycles. The van der Waals surface area contributed by atoms with E-state index in [0.29, 0.717) is 16.5 Å². The van der Waals surface area contributed by atoms with E-state index in [2.05, 4.69) is 15.3 Å². The molecule has 3 rings (SSSR count). The first kappa shape index (κ1) is 20.8. The van der Waals surface area contributed by atoms with E-state index in [9.17, 15) is 14.4 Å². The number of carbonyl (C=O) groups is 3. The van der Waals surface area contributed by atoms with Gasteiger partial charge in [0, 0.05) is 11.4 Å². The van der Waals surface area contributed by atoms with Crippen molar-refractivity contribution >= 4 is 40.9 Å². The van der Waals surface area contributed by atoms with Crippen molar-refractivity contribution < 1.29 is 19.1 Å². The average Bonchev–Trinajstić information content (AvgIpc) is 2.64. The second kappa shape index (κ2) is 8.20. The molecule has 0 spiro atoms. The summed E-state index contributed by atoms with van der Waals surface area (Å²) in [4.78, 5) is 47.2. The normalized spacial score (nSPS) is 14.8. The highest BCUT2D eigenvalue weighted by Gasteiger charge is 2.43. The number of carbonyl (C=O) groups excluding carboxylic acids is 3. The van der Waals surface area contributed by atoms with Crippen LogP contribution in [0.25, 0.3) is 0 Å². The van der Waals surface area contributed by atoms with Gasteiger partial charge in [-0.2, -0.15) is 0 Å². The lowest BCUT2D eigenvalue weighted by atomic mass is 9.96. The topological polar surface area (TPSA) is 101 Å². The van der Waals surface area contributed by atoms with E-state index in [-0.39, 0.29) is 11.7 Å². The van der Waals surface area contributed by atoms with Crippen molar-refractivity contribution in [1.82, 2.24) is 9.97 Å². The van der Waals surface area contributed by atoms with E-state index in [0.717, 1.165) is 23.1 Å². The standard InChI is InChI=1S/C20H22N4O4S/c1-12-9-13(2)22-19(21-12)29-11-17(26)28-10-16(25)24-15-8-6-5-7-14(15)23-18(27)20(24,3)4/h5-9H,10-11H2,1-4H3,(H,23,27). The Bertz CT molecular complexity index is 956. The maximum Gasteiger partial charge on any atom is 0.316 e. The zero-order valence-corrected chi connectivity index (χ0v) is 17.5. The van der Waals surface area contributed by atoms with Crippen LogP contribution >= 0.6 is 11.8 Å². The Morgan fingerprint density at radius 3 is 2.52 bits per heavy atom. The Labute approximate surface area is 173 Å². The molecule has 0 aliphatic carbocycles. The Hall–Kier alpha value is -2.94. The van der Waals surface area contributed by atoms with E-state index in [4.69, 9.17) is 4.74 Å². The minimum atomic E-state index is -1.11. The highest BCUT2D eigenvalue weighted by molar-refractivity contribution is 7.99. The van der Waals surface area contributed by atoms with E-state index < -0.39 is 24.0 Å². The number of aromatic nitrogens is 2. The van der Waals surface area contributed by atoms with E-state index in [1.165, 1.54) is 4.90 Å². The number of fused-ring (bicyclic) bond motifs is 1. The Balaban J connectivity index is 1.63. The maximum atomic E-state index is 12.8. The van der Waals surface area contributed by atoms with Crippen LogP contribution < -0.4 is 10.2 Å². The number of nitrogens with one attached hydrogen (secondary N) is 1. The monoisotopic (exact) mass is 414 g/mol. The van der Waals surface area contributed by atoms with Crippen LogP contribution in [0.5, 0.6) is 0 Å². The fraction of sp³-hybridized carbons (Fsp3) is 0.350. The number of esters is 1. The van der Waals surface area contributed by atoms with Crippen LogP contribution in [0.15, 0.2) is 35.5 Å². The van der Waals surface area contributed by atoms with Crippen LogP contribution in [-0.4, -0.2) is 45.7 Å². The number of anilines is 2. The van der Waals surface area contributed by atoms with Crippen molar-refractivity contribution in [2.24, 2.45) is 0 Å². The molecule has 1 aromatic heterocycles. The van der Waals surface area contributed by atoms with Crippen LogP contribution in [-0.2, 0) is 19.1 Å². The molecule has 0 atom stereocenters. The number of rotatable bonds is 5. The smallest absolute Gasteiger partial charge is 0.316 e. The summed E-state index contributed by atoms with van der Waals surface area (Å²) in [6.07, 6.45) is 0. The van der Waals surface area contributed by atoms with E-state index in [1.54, 1.807) is 38.1 Å². The maximum absolute atomic E-state index is 12.8. The number of nitrogens with zero attached hydrogens (tertiary/aromatic N) is 3. The van der Waals surface area contributed by atoms with E-state index in [1.807, 2.05) is 19.9 Å². The first-order valence-corrected chi connectivity index (χ1v) is 10.0. The van der Waals surface area contributed by atoms with Gasteiger partial charge in [0.25, 0.3) is 5.91 Å². The molecule has 2 amide bonds. The lowest BCUT2D eigenvalue weighted by Gasteiger charge is -2.41. The number of amides is 2. The Kier molecular flexibility index (Phi) is 5.88. The van der Waals surface area contributed by atoms with Crippen LogP contribution in [0.2, 0.25) is 0 Å². The lowest BCUT2D eigenvalue weighted by Crippen LogP contribution is -2.59. The highest BCUT2D eigenvalue weighted by atomic mass is 32.2. The van der Waals surface area contributed by atoms with Crippen LogP contribution in [0.3, 0.4) is 0 Å². The number of hydrogen-bond donors (Lipinski definition) is 1. The predicted octanol–water partition coefficient (Wildman–Crippen LogP) is 2.49. The van der Waals surface area contributed by atoms with Gasteiger partial charge in [0.2, 0.25) is 5.91 Å². The van der Waals surface area contributed by atoms with Crippen molar-refractivity contribution in [3.63, 3.8) is 0 Å². The van der Waals surface area contributed by atoms with Gasteiger partial charge < -0.3 is 10.1 Å². The Morgan fingerprint density at radius 1 is 1.17 bits per heavy atom. The molecule has 9 heteroatoms. The molecular weight excluding hydrogens is 392 g/mol. The second-order valence-electron chi connectivity index (χ2n) is 7.14. The van der Waals surface area contributed by atoms with Crippen molar-refractivity contribution in [3.8, 4) is 0 Å². The number of aryl methyl sites for hydroxylation is 2. The van der Waals surface area contributed by atoms with Crippen LogP contribution in [0, 0.1) is 13.8 Å². The molecule has 2 heterocycles. The minimum absolute atomic E-state index is 0.0172. The summed E-state index contributed by atoms with van der Waals surface area (Å²) in [5.74, 6) is -1.35. The molecule has 2 aromatic rings. The quantitative estimate of drug-likeness (QED) is 0.456. The first-order chi connectivity index (χ1) is 13.7. The summed E-state index contributed by atoms with van der Waals surface area (Å²) >= 11 is 1.15. The van der Waals surface area contributed by atoms with Gasteiger partial charge in [-0.3, -0.25) is 19.3 Å². The molecular formula is C20H22N4O4S. The van der Waals surface area contributed by atoms with Crippen LogP contribution in [0.1, 0.15) is 25.2 Å². The SMILES string of the molecule is Cc1cc(C)nc(SCC(=O)OCC(=O)N2c3ccccc3NC(=O)C2(C)C)n1. The minimum Gasteiger partial charge on any atom is -0.455 e. The number of thioether (sulfide) groups is 1. The lowest BCUT2D eigenvalue weighted by molar-refractivity contribution is -0.145. The molecule has 1 N–H and O–H groups in total. The molecule has 1 aliphatic rings. The van der Waals surface area contributed by atoms with Crippen molar-refractivity contribution in [3.05, 3.63) is 41.7 Å². The average molecular weight is 414 g/mol. The van der Waals surface area contributed by atoms with Gasteiger partial charge >= 0.3 is 5.97 Å². The third-order valence-corrected chi connectivity index (χ3v) is 5.22. The number of benzene rings is 1. The van der Waals surface area contributed by atoms with Gasteiger partial charge in [0.1, 0.15) is 5.54 Å². The number of ether oxygens (including phenoxy) is 1. The zero-order valence-electron chi connectivity index (χ0n) is 16.7. The second-order valence-corrected chi connectivity index (χ2v) is 8.08. The summed E-state index contributed by atoms with van der Waals surface area (Å²) in [5.41, 5.74) is 1.62. The third-order valence-electron chi connectivity index (χ3n) is 4.39. The number of hydrogen-bond acceptors (Lipinski definition) is 7. The van der Waals surface area contributed by atoms with Crippen molar-refractivity contribution in [1.29, 1.82) is 0 Å². The van der Waals surface area contributed by atoms with Gasteiger partial charge in [-0.15, -0.1) is 0 Å². The largest absolute Gasteiger partial charge is 0.455 e. The molecule has 0 fully saturated rings. The van der Waals surface area contributed by atoms with Gasteiger partial charge in [-0.25, -0.2) is 9.97 Å². The molecule has 152 valence electrons. The predicted molar refractivity (Wildman–Crippen MR) is 110 cm³/mol. The molecule has 0 saturated carbocycles. The highest BCUT2D eigenvalue weighted by Crippen LogP contribution is 2.36. The molecule has 29 heavy (non-hydrogen) atoms. The molecule has 0 radical (unpaired) electrons. The van der Waals surface area contributed by atoms with Crippen LogP contribution in [0.4, 0.5) is 11.4 Å². The molecule has 0 unspecified atom stereocenters. The van der Waals surface area contributed by atoms with E-state index >= 15 is 0 Å². The fourth-order valence-electron chi connectivity index (χ4n) is 3.03. The third kappa shape index (κ3) is 4.56. The fourth-order valence-corrected chi connectivity index (χ4v) is 3.78. The summed E-state index contributed by atoms with van der Waals surface area (Å²) in [7, 11) is 0. The van der Waals surface area contributed by atoms with Crippen molar-refractivity contribution in [2.75, 3.05) is 22.6 Å². The van der Waals surface area contributed by atoms with Gasteiger partial charge in [-0.05, 0) is 45.9 Å². The Morgan fingerprint density at radius 2 is 1.83 bits per heavy atom. The molecule has 0 saturated heterocycles. The van der Waals surface area contributed by atoms with Gasteiger partial charge in [0.05, 0.1) is 17.1 Å². The molecule has 8 nitrogen and oxygen atoms in total. The van der Waals surface area contributed by atoms with Crippen molar-refractivity contribution in [2.45, 2.75) is 38.4 Å². The molecule has 0 bridgehead atoms. The summed E-state index contributed by atoms with van der Waals surface area (Å²) < 4.78 is 5.14. The van der Waals surface area contributed by atoms with Gasteiger partial charge in [-0.1, -0.05) is 23.9 Å². The zero-order chi connectivity index (χ0) is 21.2. The first-order valence-electron chi connectivity index (χ1n) is 9.03. The summed E-state index contributed by atoms with van der Waals surface area (Å²) in [6.45, 7) is 6.53. The summed E-state index contributed by atoms with van der Waals surface area (Å²) in [6, 6.07) is 8.85. The van der Waals surface area contributed by atoms with Gasteiger partial charge in [0.15, 0.2) is 11.8 Å². The number of para-hydroxylation sites is 2. The molecule has 1 aromatic carbocycles. The summed E-state index contributed by atoms with van der Waals surface area (Å²) in [5, 5.41) is 3.27.